The molecule has 0 bridgehead atoms. The number of benzene rings is 3. The number of likely N-dealkylation sites (tertiary alicyclic amines) is 1. The van der Waals surface area contributed by atoms with E-state index in [1.165, 1.54) is 61.6 Å². The Balaban J connectivity index is 1.87. The van der Waals surface area contributed by atoms with Gasteiger partial charge in [0.1, 0.15) is 28.8 Å². The zero-order valence-corrected chi connectivity index (χ0v) is 18.5. The molecule has 0 aliphatic carbocycles. The number of aromatic hydroxyl groups is 1. The highest BCUT2D eigenvalue weighted by Gasteiger charge is 2.46. The molecule has 0 saturated carbocycles. The average molecular weight is 463 g/mol. The molecule has 0 spiro atoms. The van der Waals surface area contributed by atoms with Gasteiger partial charge in [0, 0.05) is 12.6 Å². The van der Waals surface area contributed by atoms with Crippen molar-refractivity contribution in [1.29, 1.82) is 0 Å². The predicted octanol–water partition coefficient (Wildman–Crippen LogP) is 4.17. The maximum atomic E-state index is 13.4. The van der Waals surface area contributed by atoms with Crippen LogP contribution in [-0.2, 0) is 16.1 Å². The van der Waals surface area contributed by atoms with E-state index in [2.05, 4.69) is 0 Å². The molecular weight excluding hydrogens is 441 g/mol. The molecule has 3 aromatic rings. The fraction of sp³-hybridized carbons (Fsp3) is 0.154. The van der Waals surface area contributed by atoms with Crippen LogP contribution in [0.4, 0.5) is 4.39 Å². The van der Waals surface area contributed by atoms with Crippen LogP contribution in [0, 0.1) is 5.82 Å². The molecule has 174 valence electrons. The van der Waals surface area contributed by atoms with Gasteiger partial charge in [-0.3, -0.25) is 9.59 Å². The van der Waals surface area contributed by atoms with E-state index in [9.17, 15) is 24.2 Å². The molecule has 1 aliphatic rings. The largest absolute Gasteiger partial charge is 0.508 e. The van der Waals surface area contributed by atoms with Crippen molar-refractivity contribution >= 4 is 17.4 Å². The van der Waals surface area contributed by atoms with Gasteiger partial charge in [0.2, 0.25) is 0 Å². The minimum Gasteiger partial charge on any atom is -0.508 e. The minimum atomic E-state index is -0.947. The van der Waals surface area contributed by atoms with Gasteiger partial charge >= 0.3 is 0 Å². The number of aliphatic hydroxyl groups excluding tert-OH is 1. The summed E-state index contributed by atoms with van der Waals surface area (Å²) in [6.45, 7) is 0.00687. The van der Waals surface area contributed by atoms with Crippen LogP contribution in [0.15, 0.2) is 72.3 Å². The van der Waals surface area contributed by atoms with Gasteiger partial charge in [-0.2, -0.15) is 0 Å². The highest BCUT2D eigenvalue weighted by Crippen LogP contribution is 2.42. The lowest BCUT2D eigenvalue weighted by Gasteiger charge is -2.25. The summed E-state index contributed by atoms with van der Waals surface area (Å²) in [4.78, 5) is 27.6. The summed E-state index contributed by atoms with van der Waals surface area (Å²) in [5.74, 6) is -1.75. The molecule has 1 fully saturated rings. The fourth-order valence-corrected chi connectivity index (χ4v) is 3.97. The molecular formula is C26H22FNO6. The summed E-state index contributed by atoms with van der Waals surface area (Å²) in [7, 11) is 2.90. The van der Waals surface area contributed by atoms with Gasteiger partial charge in [0.05, 0.1) is 31.4 Å². The number of phenols is 1. The van der Waals surface area contributed by atoms with Crippen LogP contribution in [0.5, 0.6) is 17.2 Å². The molecule has 34 heavy (non-hydrogen) atoms. The SMILES string of the molecule is COc1ccc(/C(O)=C2/C(=O)C(=O)N(Cc3ccc(F)cc3)C2c2ccc(O)cc2)c(OC)c1. The Morgan fingerprint density at radius 1 is 0.971 bits per heavy atom. The minimum absolute atomic E-state index is 0.00687. The van der Waals surface area contributed by atoms with Crippen LogP contribution in [-0.4, -0.2) is 41.0 Å². The lowest BCUT2D eigenvalue weighted by atomic mass is 9.94. The Hall–Kier alpha value is -4.33. The number of amides is 1. The van der Waals surface area contributed by atoms with Crippen molar-refractivity contribution in [3.8, 4) is 17.2 Å². The number of ketones is 1. The highest BCUT2D eigenvalue weighted by molar-refractivity contribution is 6.46. The van der Waals surface area contributed by atoms with Crippen molar-refractivity contribution in [2.24, 2.45) is 0 Å². The molecule has 4 rings (SSSR count). The topological polar surface area (TPSA) is 96.3 Å². The van der Waals surface area contributed by atoms with E-state index < -0.39 is 29.3 Å². The summed E-state index contributed by atoms with van der Waals surface area (Å²) in [6.07, 6.45) is 0. The molecule has 1 atom stereocenters. The number of halogens is 1. The first-order valence-corrected chi connectivity index (χ1v) is 10.4. The van der Waals surface area contributed by atoms with E-state index in [-0.39, 0.29) is 29.2 Å². The summed E-state index contributed by atoms with van der Waals surface area (Å²) in [6, 6.07) is 15.3. The number of hydrogen-bond acceptors (Lipinski definition) is 6. The highest BCUT2D eigenvalue weighted by atomic mass is 19.1. The number of methoxy groups -OCH3 is 2. The normalized spacial score (nSPS) is 17.1. The number of rotatable bonds is 6. The van der Waals surface area contributed by atoms with Crippen LogP contribution in [0.2, 0.25) is 0 Å². The van der Waals surface area contributed by atoms with Crippen molar-refractivity contribution in [3.63, 3.8) is 0 Å². The number of nitrogens with zero attached hydrogens (tertiary/aromatic N) is 1. The smallest absolute Gasteiger partial charge is 0.295 e. The Labute approximate surface area is 195 Å². The lowest BCUT2D eigenvalue weighted by Crippen LogP contribution is -2.29. The first-order valence-electron chi connectivity index (χ1n) is 10.4. The van der Waals surface area contributed by atoms with Crippen LogP contribution >= 0.6 is 0 Å². The van der Waals surface area contributed by atoms with Crippen LogP contribution < -0.4 is 9.47 Å². The van der Waals surface area contributed by atoms with Crippen molar-refractivity contribution in [1.82, 2.24) is 4.90 Å². The number of hydrogen-bond donors (Lipinski definition) is 2. The molecule has 1 saturated heterocycles. The van der Waals surface area contributed by atoms with Gasteiger partial charge in [-0.1, -0.05) is 24.3 Å². The van der Waals surface area contributed by atoms with Crippen molar-refractivity contribution in [2.75, 3.05) is 14.2 Å². The Morgan fingerprint density at radius 3 is 2.26 bits per heavy atom. The molecule has 1 heterocycles. The first kappa shape index (κ1) is 22.8. The molecule has 1 amide bonds. The van der Waals surface area contributed by atoms with Crippen molar-refractivity contribution in [2.45, 2.75) is 12.6 Å². The van der Waals surface area contributed by atoms with Gasteiger partial charge in [0.25, 0.3) is 11.7 Å². The summed E-state index contributed by atoms with van der Waals surface area (Å²) in [5, 5.41) is 21.0. The summed E-state index contributed by atoms with van der Waals surface area (Å²) >= 11 is 0. The molecule has 2 N–H and O–H groups in total. The van der Waals surface area contributed by atoms with E-state index in [1.54, 1.807) is 24.3 Å². The van der Waals surface area contributed by atoms with Crippen molar-refractivity contribution in [3.05, 3.63) is 94.8 Å². The Morgan fingerprint density at radius 2 is 1.65 bits per heavy atom. The number of Topliss-reactive ketones (excluding diaryl/α,β-unsaturated/α-hetero) is 1. The van der Waals surface area contributed by atoms with Crippen molar-refractivity contribution < 1.29 is 33.7 Å². The molecule has 1 unspecified atom stereocenters. The number of carbonyl (C=O) groups excluding carboxylic acids is 2. The maximum Gasteiger partial charge on any atom is 0.295 e. The number of phenolic OH excluding ortho intramolecular Hbond substituents is 1. The maximum absolute atomic E-state index is 13.4. The molecule has 8 heteroatoms. The summed E-state index contributed by atoms with van der Waals surface area (Å²) < 4.78 is 23.9. The Kier molecular flexibility index (Phi) is 6.23. The number of aliphatic hydroxyl groups is 1. The fourth-order valence-electron chi connectivity index (χ4n) is 3.97. The second-order valence-electron chi connectivity index (χ2n) is 7.71. The predicted molar refractivity (Wildman–Crippen MR) is 122 cm³/mol. The van der Waals surface area contributed by atoms with Gasteiger partial charge in [-0.05, 0) is 47.5 Å². The third-order valence-corrected chi connectivity index (χ3v) is 5.68. The number of carbonyl (C=O) groups is 2. The lowest BCUT2D eigenvalue weighted by molar-refractivity contribution is -0.140. The summed E-state index contributed by atoms with van der Waals surface area (Å²) in [5.41, 5.74) is 1.20. The molecule has 1 aliphatic heterocycles. The van der Waals surface area contributed by atoms with Crippen LogP contribution in [0.3, 0.4) is 0 Å². The van der Waals surface area contributed by atoms with E-state index in [0.29, 0.717) is 16.9 Å². The molecule has 3 aromatic carbocycles. The van der Waals surface area contributed by atoms with Gasteiger partial charge in [-0.25, -0.2) is 4.39 Å². The third-order valence-electron chi connectivity index (χ3n) is 5.68. The van der Waals surface area contributed by atoms with E-state index in [0.717, 1.165) is 0 Å². The molecule has 0 aromatic heterocycles. The van der Waals surface area contributed by atoms with E-state index in [1.807, 2.05) is 0 Å². The monoisotopic (exact) mass is 463 g/mol. The van der Waals surface area contributed by atoms with Gasteiger partial charge in [-0.15, -0.1) is 0 Å². The third kappa shape index (κ3) is 4.17. The molecule has 7 nitrogen and oxygen atoms in total. The van der Waals surface area contributed by atoms with Crippen LogP contribution in [0.25, 0.3) is 5.76 Å². The zero-order valence-electron chi connectivity index (χ0n) is 18.5. The van der Waals surface area contributed by atoms with E-state index >= 15 is 0 Å². The standard InChI is InChI=1S/C26H22FNO6/c1-33-19-11-12-20(21(13-19)34-2)24(30)22-23(16-5-9-18(29)10-6-16)28(26(32)25(22)31)14-15-3-7-17(27)8-4-15/h3-13,23,29-30H,14H2,1-2H3/b24-22-. The Bertz CT molecular complexity index is 1270. The van der Waals surface area contributed by atoms with Crippen LogP contribution in [0.1, 0.15) is 22.7 Å². The van der Waals surface area contributed by atoms with Gasteiger partial charge < -0.3 is 24.6 Å². The first-order chi connectivity index (χ1) is 16.3. The van der Waals surface area contributed by atoms with Gasteiger partial charge in [0.15, 0.2) is 0 Å². The van der Waals surface area contributed by atoms with E-state index in [4.69, 9.17) is 9.47 Å². The second kappa shape index (κ2) is 9.27. The zero-order chi connectivity index (χ0) is 24.4. The second-order valence-corrected chi connectivity index (χ2v) is 7.71. The molecule has 0 radical (unpaired) electrons. The number of ether oxygens (including phenoxy) is 2. The average Bonchev–Trinajstić information content (AvgIpc) is 3.10. The quantitative estimate of drug-likeness (QED) is 0.324.